The summed E-state index contributed by atoms with van der Waals surface area (Å²) in [4.78, 5) is 40.0. The summed E-state index contributed by atoms with van der Waals surface area (Å²) in [6.07, 6.45) is 0.147. The number of aromatic amines is 1. The Labute approximate surface area is 168 Å². The zero-order chi connectivity index (χ0) is 21.0. The molecule has 9 heteroatoms. The molecule has 1 amide bonds. The first-order valence-electron chi connectivity index (χ1n) is 8.47. The zero-order valence-corrected chi connectivity index (χ0v) is 16.0. The Morgan fingerprint density at radius 2 is 1.97 bits per heavy atom. The maximum Gasteiger partial charge on any atom is 0.333 e. The van der Waals surface area contributed by atoms with Crippen LogP contribution < -0.4 is 10.9 Å². The molecule has 6 nitrogen and oxygen atoms in total. The zero-order valence-electron chi connectivity index (χ0n) is 15.2. The monoisotopic (exact) mass is 418 g/mol. The van der Waals surface area contributed by atoms with Crippen LogP contribution in [-0.2, 0) is 16.0 Å². The van der Waals surface area contributed by atoms with E-state index in [-0.39, 0.29) is 12.0 Å². The van der Waals surface area contributed by atoms with E-state index in [0.29, 0.717) is 16.1 Å². The van der Waals surface area contributed by atoms with Crippen molar-refractivity contribution in [3.8, 4) is 0 Å². The third-order valence-electron chi connectivity index (χ3n) is 4.13. The second-order valence-electron chi connectivity index (χ2n) is 6.10. The number of carbonyl (C=O) groups excluding carboxylic acids is 2. The fourth-order valence-corrected chi connectivity index (χ4v) is 3.46. The number of methoxy groups -OCH3 is 1. The molecule has 3 aromatic rings. The van der Waals surface area contributed by atoms with E-state index in [0.717, 1.165) is 12.1 Å². The van der Waals surface area contributed by atoms with Gasteiger partial charge in [-0.2, -0.15) is 0 Å². The number of ether oxygens (including phenoxy) is 1. The minimum Gasteiger partial charge on any atom is -0.467 e. The summed E-state index contributed by atoms with van der Waals surface area (Å²) in [6.45, 7) is 0. The molecule has 3 rings (SSSR count). The standard InChI is InChI=1S/C20H16F2N2O4S/c1-28-20(27)17(16-3-2-8-29-16)24-19(26)13-6-5-12(23-18(13)25)9-11-4-7-14(21)15(22)10-11/h2-8,10,17H,9H2,1H3,(H,23,25)(H,24,26). The minimum absolute atomic E-state index is 0.147. The van der Waals surface area contributed by atoms with Crippen molar-refractivity contribution < 1.29 is 23.1 Å². The van der Waals surface area contributed by atoms with E-state index < -0.39 is 35.1 Å². The minimum atomic E-state index is -1.03. The van der Waals surface area contributed by atoms with Crippen LogP contribution in [0, 0.1) is 11.6 Å². The highest BCUT2D eigenvalue weighted by molar-refractivity contribution is 7.10. The fraction of sp³-hybridized carbons (Fsp3) is 0.150. The molecule has 1 aromatic carbocycles. The first-order chi connectivity index (χ1) is 13.9. The number of thiophene rings is 1. The average Bonchev–Trinajstić information content (AvgIpc) is 3.23. The van der Waals surface area contributed by atoms with Crippen molar-refractivity contribution in [1.82, 2.24) is 10.3 Å². The van der Waals surface area contributed by atoms with Gasteiger partial charge in [0.15, 0.2) is 17.7 Å². The third kappa shape index (κ3) is 4.75. The van der Waals surface area contributed by atoms with Gasteiger partial charge in [-0.3, -0.25) is 9.59 Å². The summed E-state index contributed by atoms with van der Waals surface area (Å²) in [6, 6.07) is 8.61. The molecule has 1 atom stereocenters. The second kappa shape index (κ2) is 8.78. The van der Waals surface area contributed by atoms with Gasteiger partial charge in [0, 0.05) is 17.0 Å². The van der Waals surface area contributed by atoms with E-state index >= 15 is 0 Å². The first-order valence-corrected chi connectivity index (χ1v) is 9.35. The van der Waals surface area contributed by atoms with Crippen molar-refractivity contribution in [2.24, 2.45) is 0 Å². The molecule has 0 fully saturated rings. The Morgan fingerprint density at radius 1 is 1.17 bits per heavy atom. The summed E-state index contributed by atoms with van der Waals surface area (Å²) in [5.41, 5.74) is 0.0161. The summed E-state index contributed by atoms with van der Waals surface area (Å²) in [7, 11) is 1.20. The van der Waals surface area contributed by atoms with E-state index in [1.54, 1.807) is 17.5 Å². The maximum absolute atomic E-state index is 13.3. The number of amides is 1. The van der Waals surface area contributed by atoms with Crippen molar-refractivity contribution in [3.05, 3.63) is 91.5 Å². The number of hydrogen-bond donors (Lipinski definition) is 2. The Morgan fingerprint density at radius 3 is 2.59 bits per heavy atom. The van der Waals surface area contributed by atoms with Crippen molar-refractivity contribution in [2.75, 3.05) is 7.11 Å². The van der Waals surface area contributed by atoms with Crippen LogP contribution in [0.15, 0.2) is 52.6 Å². The smallest absolute Gasteiger partial charge is 0.333 e. The molecule has 0 aliphatic heterocycles. The molecular weight excluding hydrogens is 402 g/mol. The highest BCUT2D eigenvalue weighted by Gasteiger charge is 2.26. The Kier molecular flexibility index (Phi) is 6.18. The van der Waals surface area contributed by atoms with Crippen LogP contribution in [0.4, 0.5) is 8.78 Å². The van der Waals surface area contributed by atoms with Gasteiger partial charge in [0.25, 0.3) is 11.5 Å². The number of aromatic nitrogens is 1. The predicted octanol–water partition coefficient (Wildman–Crippen LogP) is 2.95. The summed E-state index contributed by atoms with van der Waals surface area (Å²) < 4.78 is 31.1. The first kappa shape index (κ1) is 20.4. The molecule has 150 valence electrons. The molecule has 0 radical (unpaired) electrons. The molecule has 2 aromatic heterocycles. The number of nitrogens with one attached hydrogen (secondary N) is 2. The van der Waals surface area contributed by atoms with Crippen LogP contribution in [0.5, 0.6) is 0 Å². The number of pyridine rings is 1. The molecule has 1 unspecified atom stereocenters. The second-order valence-corrected chi connectivity index (χ2v) is 7.08. The van der Waals surface area contributed by atoms with Gasteiger partial charge in [-0.1, -0.05) is 12.1 Å². The molecule has 0 saturated carbocycles. The Bertz CT molecular complexity index is 1100. The average molecular weight is 418 g/mol. The van der Waals surface area contributed by atoms with E-state index in [1.165, 1.54) is 36.6 Å². The molecule has 29 heavy (non-hydrogen) atoms. The summed E-state index contributed by atoms with van der Waals surface area (Å²) in [5, 5.41) is 4.24. The van der Waals surface area contributed by atoms with Crippen molar-refractivity contribution in [1.29, 1.82) is 0 Å². The van der Waals surface area contributed by atoms with Gasteiger partial charge in [-0.25, -0.2) is 13.6 Å². The Balaban J connectivity index is 1.78. The number of esters is 1. The Hall–Kier alpha value is -3.33. The molecule has 0 spiro atoms. The maximum atomic E-state index is 13.3. The van der Waals surface area contributed by atoms with Crippen LogP contribution in [-0.4, -0.2) is 24.0 Å². The number of rotatable bonds is 6. The van der Waals surface area contributed by atoms with E-state index in [2.05, 4.69) is 10.3 Å². The highest BCUT2D eigenvalue weighted by Crippen LogP contribution is 2.20. The highest BCUT2D eigenvalue weighted by atomic mass is 32.1. The lowest BCUT2D eigenvalue weighted by Crippen LogP contribution is -2.36. The van der Waals surface area contributed by atoms with Gasteiger partial charge >= 0.3 is 5.97 Å². The molecule has 0 aliphatic carbocycles. The quantitative estimate of drug-likeness (QED) is 0.603. The predicted molar refractivity (Wildman–Crippen MR) is 103 cm³/mol. The van der Waals surface area contributed by atoms with Crippen LogP contribution in [0.1, 0.15) is 32.5 Å². The van der Waals surface area contributed by atoms with E-state index in [4.69, 9.17) is 4.74 Å². The van der Waals surface area contributed by atoms with Crippen LogP contribution in [0.2, 0.25) is 0 Å². The molecule has 2 heterocycles. The van der Waals surface area contributed by atoms with Crippen LogP contribution in [0.3, 0.4) is 0 Å². The largest absolute Gasteiger partial charge is 0.467 e. The fourth-order valence-electron chi connectivity index (χ4n) is 2.69. The molecule has 0 aliphatic rings. The molecule has 0 saturated heterocycles. The summed E-state index contributed by atoms with van der Waals surface area (Å²) >= 11 is 1.26. The van der Waals surface area contributed by atoms with Gasteiger partial charge in [0.2, 0.25) is 0 Å². The lowest BCUT2D eigenvalue weighted by atomic mass is 10.1. The van der Waals surface area contributed by atoms with Gasteiger partial charge in [-0.15, -0.1) is 11.3 Å². The number of hydrogen-bond acceptors (Lipinski definition) is 5. The summed E-state index contributed by atoms with van der Waals surface area (Å²) in [5.74, 6) is -3.34. The lowest BCUT2D eigenvalue weighted by Gasteiger charge is -2.15. The number of carbonyl (C=O) groups is 2. The van der Waals surface area contributed by atoms with Crippen LogP contribution in [0.25, 0.3) is 0 Å². The number of halogens is 2. The van der Waals surface area contributed by atoms with Crippen molar-refractivity contribution in [3.63, 3.8) is 0 Å². The van der Waals surface area contributed by atoms with Gasteiger partial charge in [0.05, 0.1) is 7.11 Å². The van der Waals surface area contributed by atoms with Gasteiger partial charge in [-0.05, 0) is 41.3 Å². The van der Waals surface area contributed by atoms with Gasteiger partial charge in [0.1, 0.15) is 5.56 Å². The van der Waals surface area contributed by atoms with Gasteiger partial charge < -0.3 is 15.0 Å². The normalized spacial score (nSPS) is 11.7. The van der Waals surface area contributed by atoms with Crippen LogP contribution >= 0.6 is 11.3 Å². The third-order valence-corrected chi connectivity index (χ3v) is 5.07. The van der Waals surface area contributed by atoms with Crippen molar-refractivity contribution in [2.45, 2.75) is 12.5 Å². The van der Waals surface area contributed by atoms with E-state index in [1.807, 2.05) is 0 Å². The molecule has 0 bridgehead atoms. The van der Waals surface area contributed by atoms with Crippen molar-refractivity contribution >= 4 is 23.2 Å². The molecule has 2 N–H and O–H groups in total. The van der Waals surface area contributed by atoms with E-state index in [9.17, 15) is 23.2 Å². The lowest BCUT2D eigenvalue weighted by molar-refractivity contribution is -0.143. The number of benzene rings is 1. The topological polar surface area (TPSA) is 88.3 Å². The number of H-pyrrole nitrogens is 1. The molecular formula is C20H16F2N2O4S. The SMILES string of the molecule is COC(=O)C(NC(=O)c1ccc(Cc2ccc(F)c(F)c2)[nH]c1=O)c1cccs1.